The predicted molar refractivity (Wildman–Crippen MR) is 190 cm³/mol. The maximum absolute atomic E-state index is 3.85. The van der Waals surface area contributed by atoms with Crippen molar-refractivity contribution in [1.82, 2.24) is 0 Å². The second kappa shape index (κ2) is 9.52. The van der Waals surface area contributed by atoms with E-state index in [-0.39, 0.29) is 0 Å². The fourth-order valence-electron chi connectivity index (χ4n) is 7.16. The van der Waals surface area contributed by atoms with Crippen molar-refractivity contribution in [3.63, 3.8) is 0 Å². The molecule has 0 atom stereocenters. The fourth-order valence-corrected chi connectivity index (χ4v) is 7.52. The van der Waals surface area contributed by atoms with Gasteiger partial charge in [-0.25, -0.2) is 0 Å². The topological polar surface area (TPSA) is 0 Å². The normalized spacial score (nSPS) is 11.8. The van der Waals surface area contributed by atoms with E-state index in [0.29, 0.717) is 0 Å². The number of halogens is 1. The highest BCUT2D eigenvalue weighted by molar-refractivity contribution is 9.10. The van der Waals surface area contributed by atoms with Crippen molar-refractivity contribution in [3.05, 3.63) is 156 Å². The van der Waals surface area contributed by atoms with Crippen molar-refractivity contribution in [1.29, 1.82) is 0 Å². The fraction of sp³-hybridized carbons (Fsp3) is 0. The van der Waals surface area contributed by atoms with Crippen LogP contribution in [0, 0.1) is 0 Å². The van der Waals surface area contributed by atoms with Gasteiger partial charge in [-0.1, -0.05) is 143 Å². The molecule has 0 heterocycles. The Labute approximate surface area is 258 Å². The summed E-state index contributed by atoms with van der Waals surface area (Å²) in [5.41, 5.74) is 5.04. The van der Waals surface area contributed by atoms with Crippen LogP contribution in [0.5, 0.6) is 0 Å². The Balaban J connectivity index is 1.58. The Morgan fingerprint density at radius 3 is 1.28 bits per heavy atom. The van der Waals surface area contributed by atoms with Crippen LogP contribution >= 0.6 is 15.9 Å². The quantitative estimate of drug-likeness (QED) is 0.135. The van der Waals surface area contributed by atoms with E-state index in [2.05, 4.69) is 168 Å². The maximum Gasteiger partial charge on any atom is 0.0181 e. The summed E-state index contributed by atoms with van der Waals surface area (Å²) >= 11 is 3.85. The van der Waals surface area contributed by atoms with Crippen LogP contribution in [-0.2, 0) is 0 Å². The van der Waals surface area contributed by atoms with E-state index < -0.39 is 0 Å². The van der Waals surface area contributed by atoms with Gasteiger partial charge in [-0.05, 0) is 111 Å². The Kier molecular flexibility index (Phi) is 5.45. The van der Waals surface area contributed by atoms with Crippen molar-refractivity contribution in [2.75, 3.05) is 0 Å². The highest BCUT2D eigenvalue weighted by Crippen LogP contribution is 2.50. The van der Waals surface area contributed by atoms with Gasteiger partial charge in [0.2, 0.25) is 0 Å². The third-order valence-electron chi connectivity index (χ3n) is 9.03. The van der Waals surface area contributed by atoms with E-state index in [1.807, 2.05) is 0 Å². The molecule has 0 aliphatic carbocycles. The standard InChI is InChI=1S/C42H25Br/c43-32-21-22-37-38(25-32)40(31-20-18-27-10-2-4-12-29(27)24-31)42-36-16-8-6-14-34(36)33-13-5-7-15-35(33)41(42)39(37)30-19-17-26-9-1-3-11-28(26)23-30/h1-25H. The van der Waals surface area contributed by atoms with E-state index in [0.717, 1.165) is 4.47 Å². The predicted octanol–water partition coefficient (Wildman–Crippen LogP) is 12.7. The molecule has 0 saturated carbocycles. The molecule has 9 aromatic carbocycles. The van der Waals surface area contributed by atoms with Crippen LogP contribution in [0.15, 0.2) is 156 Å². The number of hydrogen-bond donors (Lipinski definition) is 0. The molecule has 9 aromatic rings. The molecule has 0 aliphatic heterocycles. The zero-order valence-corrected chi connectivity index (χ0v) is 24.9. The van der Waals surface area contributed by atoms with Gasteiger partial charge >= 0.3 is 0 Å². The molecule has 0 aromatic heterocycles. The number of hydrogen-bond acceptors (Lipinski definition) is 0. The summed E-state index contributed by atoms with van der Waals surface area (Å²) in [6.45, 7) is 0. The van der Waals surface area contributed by atoms with Gasteiger partial charge in [-0.3, -0.25) is 0 Å². The molecule has 0 unspecified atom stereocenters. The minimum absolute atomic E-state index is 1.08. The minimum Gasteiger partial charge on any atom is -0.0616 e. The Bertz CT molecular complexity index is 2570. The molecule has 0 saturated heterocycles. The average Bonchev–Trinajstić information content (AvgIpc) is 3.07. The molecule has 0 nitrogen and oxygen atoms in total. The zero-order chi connectivity index (χ0) is 28.5. The Hall–Kier alpha value is -4.98. The first kappa shape index (κ1) is 24.6. The molecule has 1 heteroatoms. The van der Waals surface area contributed by atoms with Gasteiger partial charge in [-0.15, -0.1) is 0 Å². The summed E-state index contributed by atoms with van der Waals surface area (Å²) < 4.78 is 1.08. The van der Waals surface area contributed by atoms with Crippen LogP contribution < -0.4 is 0 Å². The lowest BCUT2D eigenvalue weighted by atomic mass is 9.81. The SMILES string of the molecule is Brc1ccc2c(-c3ccc4ccccc4c3)c3c4ccccc4c4ccccc4c3c(-c3ccc4ccccc4c3)c2c1. The average molecular weight is 610 g/mol. The van der Waals surface area contributed by atoms with Gasteiger partial charge in [0.25, 0.3) is 0 Å². The van der Waals surface area contributed by atoms with Crippen molar-refractivity contribution in [2.24, 2.45) is 0 Å². The lowest BCUT2D eigenvalue weighted by Gasteiger charge is -2.22. The van der Waals surface area contributed by atoms with E-state index in [1.54, 1.807) is 0 Å². The van der Waals surface area contributed by atoms with Crippen molar-refractivity contribution in [2.45, 2.75) is 0 Å². The number of benzene rings is 9. The van der Waals surface area contributed by atoms with Gasteiger partial charge in [0, 0.05) is 4.47 Å². The molecule has 0 amide bonds. The van der Waals surface area contributed by atoms with Crippen LogP contribution in [0.1, 0.15) is 0 Å². The molecule has 0 N–H and O–H groups in total. The summed E-state index contributed by atoms with van der Waals surface area (Å²) in [5.74, 6) is 0. The summed E-state index contributed by atoms with van der Waals surface area (Å²) in [6, 6.07) is 55.9. The Morgan fingerprint density at radius 2 is 0.744 bits per heavy atom. The second-order valence-corrected chi connectivity index (χ2v) is 12.3. The van der Waals surface area contributed by atoms with Crippen LogP contribution in [0.4, 0.5) is 0 Å². The molecule has 43 heavy (non-hydrogen) atoms. The lowest BCUT2D eigenvalue weighted by molar-refractivity contribution is 1.68. The molecule has 0 radical (unpaired) electrons. The van der Waals surface area contributed by atoms with E-state index in [1.165, 1.54) is 86.9 Å². The van der Waals surface area contributed by atoms with E-state index >= 15 is 0 Å². The summed E-state index contributed by atoms with van der Waals surface area (Å²) in [4.78, 5) is 0. The molecule has 0 aliphatic rings. The first-order valence-electron chi connectivity index (χ1n) is 14.7. The smallest absolute Gasteiger partial charge is 0.0181 e. The first-order valence-corrected chi connectivity index (χ1v) is 15.5. The molecule has 0 spiro atoms. The lowest BCUT2D eigenvalue weighted by Crippen LogP contribution is -1.94. The van der Waals surface area contributed by atoms with Gasteiger partial charge in [0.15, 0.2) is 0 Å². The summed E-state index contributed by atoms with van der Waals surface area (Å²) in [5, 5.41) is 15.3. The largest absolute Gasteiger partial charge is 0.0616 e. The second-order valence-electron chi connectivity index (χ2n) is 11.4. The van der Waals surface area contributed by atoms with Gasteiger partial charge < -0.3 is 0 Å². The van der Waals surface area contributed by atoms with Crippen molar-refractivity contribution in [3.8, 4) is 22.3 Å². The van der Waals surface area contributed by atoms with Crippen LogP contribution in [-0.4, -0.2) is 0 Å². The molecular formula is C42H25Br. The van der Waals surface area contributed by atoms with Crippen LogP contribution in [0.25, 0.3) is 86.9 Å². The van der Waals surface area contributed by atoms with Crippen LogP contribution in [0.3, 0.4) is 0 Å². The van der Waals surface area contributed by atoms with Gasteiger partial charge in [0.05, 0.1) is 0 Å². The zero-order valence-electron chi connectivity index (χ0n) is 23.3. The third kappa shape index (κ3) is 3.75. The molecular weight excluding hydrogens is 584 g/mol. The van der Waals surface area contributed by atoms with Crippen molar-refractivity contribution < 1.29 is 0 Å². The molecule has 0 bridgehead atoms. The van der Waals surface area contributed by atoms with E-state index in [9.17, 15) is 0 Å². The highest BCUT2D eigenvalue weighted by Gasteiger charge is 2.22. The van der Waals surface area contributed by atoms with Crippen LogP contribution in [0.2, 0.25) is 0 Å². The van der Waals surface area contributed by atoms with Crippen molar-refractivity contribution >= 4 is 80.6 Å². The van der Waals surface area contributed by atoms with Gasteiger partial charge in [0.1, 0.15) is 0 Å². The molecule has 200 valence electrons. The Morgan fingerprint density at radius 1 is 0.302 bits per heavy atom. The summed E-state index contributed by atoms with van der Waals surface area (Å²) in [7, 11) is 0. The van der Waals surface area contributed by atoms with Gasteiger partial charge in [-0.2, -0.15) is 0 Å². The number of rotatable bonds is 2. The molecule has 9 rings (SSSR count). The number of fused-ring (bicyclic) bond motifs is 9. The monoisotopic (exact) mass is 608 g/mol. The first-order chi connectivity index (χ1) is 21.2. The minimum atomic E-state index is 1.08. The summed E-state index contributed by atoms with van der Waals surface area (Å²) in [6.07, 6.45) is 0. The third-order valence-corrected chi connectivity index (χ3v) is 9.52. The molecule has 0 fully saturated rings. The highest BCUT2D eigenvalue weighted by atomic mass is 79.9. The van der Waals surface area contributed by atoms with E-state index in [4.69, 9.17) is 0 Å². The maximum atomic E-state index is 3.85.